The molecule has 9 nitrogen and oxygen atoms in total. The molecule has 0 bridgehead atoms. The molecule has 2 aliphatic rings. The topological polar surface area (TPSA) is 123 Å². The Hall–Kier alpha value is -3.75. The number of carbonyl (C=O) groups excluding carboxylic acids is 2. The summed E-state index contributed by atoms with van der Waals surface area (Å²) in [6.07, 6.45) is 9.68. The van der Waals surface area contributed by atoms with E-state index in [-0.39, 0.29) is 11.3 Å². The van der Waals surface area contributed by atoms with Gasteiger partial charge in [0.15, 0.2) is 0 Å². The number of likely N-dealkylation sites (tertiary alicyclic amines) is 1. The zero-order chi connectivity index (χ0) is 23.4. The third-order valence-electron chi connectivity index (χ3n) is 6.29. The summed E-state index contributed by atoms with van der Waals surface area (Å²) >= 11 is 0. The van der Waals surface area contributed by atoms with E-state index in [2.05, 4.69) is 27.2 Å². The Labute approximate surface area is 192 Å². The van der Waals surface area contributed by atoms with Crippen LogP contribution in [0.4, 0.5) is 10.6 Å². The second kappa shape index (κ2) is 9.40. The molecule has 2 atom stereocenters. The van der Waals surface area contributed by atoms with Crippen molar-refractivity contribution in [3.8, 4) is 11.5 Å². The number of carbonyl (C=O) groups is 2. The Morgan fingerprint density at radius 1 is 1.30 bits per heavy atom. The Balaban J connectivity index is 1.38. The standard InChI is InChI=1S/C24H28N6O3/c1-16-5-7-24(12-16)8-10-30(22(24)31)23(32)29-21-4-3-19(15-28-21)33-18-6-9-27-20(11-18)17(13-25)14-26-2/h3-4,6,9,11,13-16H,5,7-8,10,12,25H2,1-2H3,(H,28,29,32). The monoisotopic (exact) mass is 448 g/mol. The lowest BCUT2D eigenvalue weighted by molar-refractivity contribution is -0.133. The van der Waals surface area contributed by atoms with Crippen LogP contribution in [0.25, 0.3) is 5.57 Å². The summed E-state index contributed by atoms with van der Waals surface area (Å²) in [6, 6.07) is 6.36. The molecule has 3 N–H and O–H groups in total. The third kappa shape index (κ3) is 4.72. The van der Waals surface area contributed by atoms with E-state index < -0.39 is 6.03 Å². The number of allylic oxidation sites excluding steroid dienone is 1. The van der Waals surface area contributed by atoms with Crippen molar-refractivity contribution in [2.75, 3.05) is 18.9 Å². The highest BCUT2D eigenvalue weighted by atomic mass is 16.5. The van der Waals surface area contributed by atoms with Gasteiger partial charge in [-0.25, -0.2) is 9.78 Å². The predicted octanol–water partition coefficient (Wildman–Crippen LogP) is 3.84. The van der Waals surface area contributed by atoms with E-state index >= 15 is 0 Å². The normalized spacial score (nSPS) is 23.0. The van der Waals surface area contributed by atoms with E-state index in [9.17, 15) is 9.59 Å². The van der Waals surface area contributed by atoms with Crippen LogP contribution in [0.2, 0.25) is 0 Å². The number of ether oxygens (including phenoxy) is 1. The summed E-state index contributed by atoms with van der Waals surface area (Å²) in [5.41, 5.74) is 6.58. The summed E-state index contributed by atoms with van der Waals surface area (Å²) in [7, 11) is 1.66. The van der Waals surface area contributed by atoms with Crippen LogP contribution in [-0.2, 0) is 4.79 Å². The van der Waals surface area contributed by atoms with E-state index in [1.54, 1.807) is 43.7 Å². The quantitative estimate of drug-likeness (QED) is 0.670. The number of rotatable bonds is 5. The fraction of sp³-hybridized carbons (Fsp3) is 0.375. The first kappa shape index (κ1) is 22.4. The molecule has 0 radical (unpaired) electrons. The number of hydrogen-bond acceptors (Lipinski definition) is 7. The number of aromatic nitrogens is 2. The van der Waals surface area contributed by atoms with Gasteiger partial charge in [-0.3, -0.25) is 25.0 Å². The molecule has 9 heteroatoms. The Kier molecular flexibility index (Phi) is 6.39. The van der Waals surface area contributed by atoms with Gasteiger partial charge in [-0.1, -0.05) is 6.92 Å². The van der Waals surface area contributed by atoms with Gasteiger partial charge in [-0.2, -0.15) is 0 Å². The largest absolute Gasteiger partial charge is 0.456 e. The van der Waals surface area contributed by atoms with Crippen LogP contribution in [0.1, 0.15) is 38.3 Å². The van der Waals surface area contributed by atoms with Gasteiger partial charge in [0.25, 0.3) is 0 Å². The number of nitrogens with zero attached hydrogens (tertiary/aromatic N) is 4. The fourth-order valence-electron chi connectivity index (χ4n) is 4.62. The molecule has 1 aliphatic carbocycles. The number of anilines is 1. The lowest BCUT2D eigenvalue weighted by Gasteiger charge is -2.22. The van der Waals surface area contributed by atoms with E-state index in [1.807, 2.05) is 0 Å². The van der Waals surface area contributed by atoms with Crippen LogP contribution in [0, 0.1) is 11.3 Å². The lowest BCUT2D eigenvalue weighted by Crippen LogP contribution is -2.40. The van der Waals surface area contributed by atoms with Gasteiger partial charge in [-0.15, -0.1) is 0 Å². The molecule has 172 valence electrons. The first-order valence-corrected chi connectivity index (χ1v) is 11.0. The smallest absolute Gasteiger partial charge is 0.329 e. The van der Waals surface area contributed by atoms with Crippen molar-refractivity contribution in [1.82, 2.24) is 14.9 Å². The molecule has 4 rings (SSSR count). The van der Waals surface area contributed by atoms with Gasteiger partial charge in [0.2, 0.25) is 5.91 Å². The van der Waals surface area contributed by atoms with Crippen molar-refractivity contribution in [3.05, 3.63) is 48.6 Å². The SMILES string of the molecule is CN=CC(=CN)c1cc(Oc2ccc(NC(=O)N3CCC4(CCC(C)C4)C3=O)nc2)ccn1. The van der Waals surface area contributed by atoms with Crippen LogP contribution in [0.5, 0.6) is 11.5 Å². The molecule has 1 saturated carbocycles. The van der Waals surface area contributed by atoms with Crippen LogP contribution in [0.3, 0.4) is 0 Å². The molecule has 2 unspecified atom stereocenters. The number of nitrogens with two attached hydrogens (primary N) is 1. The lowest BCUT2D eigenvalue weighted by atomic mass is 9.84. The average molecular weight is 449 g/mol. The Morgan fingerprint density at radius 3 is 2.82 bits per heavy atom. The second-order valence-electron chi connectivity index (χ2n) is 8.63. The average Bonchev–Trinajstić information content (AvgIpc) is 3.35. The Bertz CT molecular complexity index is 1100. The van der Waals surface area contributed by atoms with Crippen LogP contribution in [-0.4, -0.2) is 46.6 Å². The minimum Gasteiger partial charge on any atom is -0.456 e. The maximum atomic E-state index is 12.9. The van der Waals surface area contributed by atoms with E-state index in [0.29, 0.717) is 41.0 Å². The van der Waals surface area contributed by atoms with Crippen molar-refractivity contribution in [2.45, 2.75) is 32.6 Å². The highest BCUT2D eigenvalue weighted by Crippen LogP contribution is 2.48. The molecular weight excluding hydrogens is 420 g/mol. The molecule has 2 aromatic heterocycles. The van der Waals surface area contributed by atoms with Crippen LogP contribution >= 0.6 is 0 Å². The number of imide groups is 1. The molecule has 1 saturated heterocycles. The van der Waals surface area contributed by atoms with Gasteiger partial charge >= 0.3 is 6.03 Å². The van der Waals surface area contributed by atoms with E-state index in [4.69, 9.17) is 10.5 Å². The summed E-state index contributed by atoms with van der Waals surface area (Å²) in [4.78, 5) is 39.4. The number of nitrogens with one attached hydrogen (secondary N) is 1. The van der Waals surface area contributed by atoms with Crippen molar-refractivity contribution < 1.29 is 14.3 Å². The van der Waals surface area contributed by atoms with Crippen molar-refractivity contribution in [2.24, 2.45) is 22.1 Å². The van der Waals surface area contributed by atoms with Crippen LogP contribution in [0.15, 0.2) is 47.9 Å². The minimum absolute atomic E-state index is 0.0585. The molecule has 2 fully saturated rings. The second-order valence-corrected chi connectivity index (χ2v) is 8.63. The van der Waals surface area contributed by atoms with Crippen molar-refractivity contribution in [3.63, 3.8) is 0 Å². The molecule has 0 aromatic carbocycles. The summed E-state index contributed by atoms with van der Waals surface area (Å²) in [5.74, 6) is 1.87. The number of amides is 3. The third-order valence-corrected chi connectivity index (χ3v) is 6.29. The molecule has 3 amide bonds. The maximum absolute atomic E-state index is 12.9. The number of aliphatic imine (C=N–C) groups is 1. The fourth-order valence-corrected chi connectivity index (χ4v) is 4.62. The number of pyridine rings is 2. The first-order chi connectivity index (χ1) is 15.9. The molecular formula is C24H28N6O3. The Morgan fingerprint density at radius 2 is 2.15 bits per heavy atom. The van der Waals surface area contributed by atoms with Gasteiger partial charge in [0.05, 0.1) is 17.3 Å². The number of hydrogen-bond donors (Lipinski definition) is 2. The minimum atomic E-state index is -0.435. The molecule has 3 heterocycles. The molecule has 2 aromatic rings. The van der Waals surface area contributed by atoms with Crippen LogP contribution < -0.4 is 15.8 Å². The summed E-state index contributed by atoms with van der Waals surface area (Å²) < 4.78 is 5.85. The highest BCUT2D eigenvalue weighted by molar-refractivity contribution is 6.08. The van der Waals surface area contributed by atoms with E-state index in [1.165, 1.54) is 17.3 Å². The van der Waals surface area contributed by atoms with Crippen molar-refractivity contribution in [1.29, 1.82) is 0 Å². The van der Waals surface area contributed by atoms with Gasteiger partial charge < -0.3 is 10.5 Å². The number of urea groups is 1. The van der Waals surface area contributed by atoms with Gasteiger partial charge in [-0.05, 0) is 49.8 Å². The zero-order valence-corrected chi connectivity index (χ0v) is 18.8. The highest BCUT2D eigenvalue weighted by Gasteiger charge is 2.51. The van der Waals surface area contributed by atoms with E-state index in [0.717, 1.165) is 25.7 Å². The molecule has 33 heavy (non-hydrogen) atoms. The predicted molar refractivity (Wildman–Crippen MR) is 126 cm³/mol. The first-order valence-electron chi connectivity index (χ1n) is 11.0. The van der Waals surface area contributed by atoms with Crippen molar-refractivity contribution >= 4 is 29.5 Å². The molecule has 1 spiro atoms. The van der Waals surface area contributed by atoms with Gasteiger partial charge in [0.1, 0.15) is 17.3 Å². The maximum Gasteiger partial charge on any atom is 0.329 e. The zero-order valence-electron chi connectivity index (χ0n) is 18.8. The summed E-state index contributed by atoms with van der Waals surface area (Å²) in [6.45, 7) is 2.61. The molecule has 1 aliphatic heterocycles. The summed E-state index contributed by atoms with van der Waals surface area (Å²) in [5, 5.41) is 2.72. The van der Waals surface area contributed by atoms with Gasteiger partial charge in [0, 0.05) is 43.8 Å².